The van der Waals surface area contributed by atoms with Crippen LogP contribution in [0, 0.1) is 9.62 Å². The molecule has 2 fully saturated rings. The van der Waals surface area contributed by atoms with E-state index in [1.165, 1.54) is 7.11 Å². The number of rotatable bonds is 5. The standard InChI is InChI=1S/C14H20FIN4O2/c1-22-14(21)13-10-4-3-9(19(10)6-2-5-15)7-11(13)20-8-12(16)17-18-20/h8-11,13H,2-7H2,1H3/t9-,10-,11?,13-/m1/s1/i16-4. The summed E-state index contributed by atoms with van der Waals surface area (Å²) in [6.07, 6.45) is 5.23. The van der Waals surface area contributed by atoms with Crippen molar-refractivity contribution in [2.45, 2.75) is 43.8 Å². The molecule has 0 spiro atoms. The van der Waals surface area contributed by atoms with Crippen LogP contribution in [0.5, 0.6) is 0 Å². The molecule has 0 saturated carbocycles. The van der Waals surface area contributed by atoms with Crippen molar-refractivity contribution in [2.24, 2.45) is 5.92 Å². The quantitative estimate of drug-likeness (QED) is 0.540. The molecule has 3 heterocycles. The Morgan fingerprint density at radius 1 is 1.50 bits per heavy atom. The Kier molecular flexibility index (Phi) is 4.96. The van der Waals surface area contributed by atoms with Crippen molar-refractivity contribution in [3.63, 3.8) is 0 Å². The molecule has 22 heavy (non-hydrogen) atoms. The molecule has 0 N–H and O–H groups in total. The molecular formula is C14H20FIN4O2. The van der Waals surface area contributed by atoms with Gasteiger partial charge in [0, 0.05) is 18.6 Å². The molecule has 0 radical (unpaired) electrons. The van der Waals surface area contributed by atoms with Crippen molar-refractivity contribution < 1.29 is 13.9 Å². The van der Waals surface area contributed by atoms with Crippen molar-refractivity contribution in [1.82, 2.24) is 19.9 Å². The molecule has 2 aliphatic rings. The third kappa shape index (κ3) is 2.86. The number of esters is 1. The van der Waals surface area contributed by atoms with E-state index in [1.54, 1.807) is 4.68 Å². The van der Waals surface area contributed by atoms with Gasteiger partial charge < -0.3 is 4.74 Å². The molecule has 0 amide bonds. The van der Waals surface area contributed by atoms with Crippen LogP contribution in [0.15, 0.2) is 6.20 Å². The van der Waals surface area contributed by atoms with Gasteiger partial charge in [-0.3, -0.25) is 14.1 Å². The van der Waals surface area contributed by atoms with Crippen LogP contribution in [0.25, 0.3) is 0 Å². The first kappa shape index (κ1) is 16.1. The third-order valence-corrected chi connectivity index (χ3v) is 5.37. The van der Waals surface area contributed by atoms with Crippen LogP contribution < -0.4 is 0 Å². The minimum Gasteiger partial charge on any atom is -0.469 e. The number of alkyl halides is 1. The molecule has 0 aromatic carbocycles. The van der Waals surface area contributed by atoms with Gasteiger partial charge in [0.1, 0.15) is 3.70 Å². The Hall–Kier alpha value is -0.770. The summed E-state index contributed by atoms with van der Waals surface area (Å²) >= 11 is 2.12. The van der Waals surface area contributed by atoms with Gasteiger partial charge in [-0.25, -0.2) is 4.68 Å². The van der Waals surface area contributed by atoms with Gasteiger partial charge in [0.25, 0.3) is 0 Å². The molecule has 3 rings (SSSR count). The van der Waals surface area contributed by atoms with E-state index in [1.807, 2.05) is 6.20 Å². The number of piperidine rings is 1. The second-order valence-electron chi connectivity index (χ2n) is 5.95. The summed E-state index contributed by atoms with van der Waals surface area (Å²) in [4.78, 5) is 14.7. The molecule has 122 valence electrons. The average molecular weight is 418 g/mol. The van der Waals surface area contributed by atoms with E-state index < -0.39 is 0 Å². The van der Waals surface area contributed by atoms with E-state index in [0.717, 1.165) is 23.0 Å². The molecule has 4 atom stereocenters. The van der Waals surface area contributed by atoms with E-state index >= 15 is 0 Å². The van der Waals surface area contributed by atoms with Gasteiger partial charge in [-0.15, -0.1) is 5.10 Å². The number of carbonyl (C=O) groups is 1. The van der Waals surface area contributed by atoms with Gasteiger partial charge in [-0.05, 0) is 48.3 Å². The van der Waals surface area contributed by atoms with Crippen molar-refractivity contribution in [2.75, 3.05) is 20.3 Å². The minimum atomic E-state index is -0.316. The molecule has 1 aromatic rings. The van der Waals surface area contributed by atoms with Crippen molar-refractivity contribution in [3.05, 3.63) is 9.90 Å². The van der Waals surface area contributed by atoms with Gasteiger partial charge in [-0.1, -0.05) is 5.21 Å². The predicted octanol–water partition coefficient (Wildman–Crippen LogP) is 1.81. The number of hydrogen-bond donors (Lipinski definition) is 0. The monoisotopic (exact) mass is 418 g/mol. The molecule has 1 unspecified atom stereocenters. The minimum absolute atomic E-state index is 0.0254. The lowest BCUT2D eigenvalue weighted by molar-refractivity contribution is -0.152. The Morgan fingerprint density at radius 3 is 2.95 bits per heavy atom. The highest BCUT2D eigenvalue weighted by atomic mass is 123. The van der Waals surface area contributed by atoms with Crippen LogP contribution in [0.1, 0.15) is 31.7 Å². The Morgan fingerprint density at radius 2 is 2.32 bits per heavy atom. The van der Waals surface area contributed by atoms with Gasteiger partial charge in [-0.2, -0.15) is 0 Å². The highest BCUT2D eigenvalue weighted by molar-refractivity contribution is 14.1. The van der Waals surface area contributed by atoms with Gasteiger partial charge in [0.05, 0.1) is 31.9 Å². The predicted molar refractivity (Wildman–Crippen MR) is 86.0 cm³/mol. The Bertz CT molecular complexity index is 541. The van der Waals surface area contributed by atoms with E-state index in [4.69, 9.17) is 4.74 Å². The number of ether oxygens (including phenoxy) is 1. The fourth-order valence-electron chi connectivity index (χ4n) is 4.02. The van der Waals surface area contributed by atoms with Crippen molar-refractivity contribution >= 4 is 28.6 Å². The SMILES string of the molecule is COC(=O)[C@H]1C(n2cc([123I])nn2)C[C@H]2CC[C@H]1N2CCCF. The summed E-state index contributed by atoms with van der Waals surface area (Å²) < 4.78 is 20.2. The van der Waals surface area contributed by atoms with Crippen molar-refractivity contribution in [3.8, 4) is 0 Å². The molecule has 1 aromatic heterocycles. The first-order valence-corrected chi connectivity index (χ1v) is 8.70. The first-order chi connectivity index (χ1) is 10.7. The molecule has 8 heteroatoms. The highest BCUT2D eigenvalue weighted by Gasteiger charge is 2.51. The number of methoxy groups -OCH3 is 1. The third-order valence-electron chi connectivity index (χ3n) is 4.88. The zero-order valence-corrected chi connectivity index (χ0v) is 14.6. The van der Waals surface area contributed by atoms with Crippen LogP contribution in [0.2, 0.25) is 0 Å². The van der Waals surface area contributed by atoms with Gasteiger partial charge >= 0.3 is 5.97 Å². The average Bonchev–Trinajstić information content (AvgIpc) is 3.06. The van der Waals surface area contributed by atoms with Crippen LogP contribution in [0.3, 0.4) is 0 Å². The molecule has 2 bridgehead atoms. The molecular weight excluding hydrogens is 398 g/mol. The molecule has 0 aliphatic carbocycles. The van der Waals surface area contributed by atoms with Crippen LogP contribution >= 0.6 is 22.6 Å². The lowest BCUT2D eigenvalue weighted by atomic mass is 9.85. The maximum absolute atomic E-state index is 12.5. The van der Waals surface area contributed by atoms with Crippen LogP contribution in [-0.4, -0.2) is 58.3 Å². The highest BCUT2D eigenvalue weighted by Crippen LogP contribution is 2.45. The number of nitrogens with zero attached hydrogens (tertiary/aromatic N) is 4. The summed E-state index contributed by atoms with van der Waals surface area (Å²) in [6.45, 7) is 0.393. The zero-order valence-electron chi connectivity index (χ0n) is 12.5. The molecule has 2 aliphatic heterocycles. The Balaban J connectivity index is 1.87. The second-order valence-corrected chi connectivity index (χ2v) is 7.06. The molecule has 6 nitrogen and oxygen atoms in total. The fourth-order valence-corrected chi connectivity index (χ4v) is 4.40. The topological polar surface area (TPSA) is 60.3 Å². The number of carbonyl (C=O) groups excluding carboxylic acids is 1. The molecule has 2 saturated heterocycles. The summed E-state index contributed by atoms with van der Waals surface area (Å²) in [7, 11) is 1.43. The summed E-state index contributed by atoms with van der Waals surface area (Å²) in [6, 6.07) is 0.483. The number of fused-ring (bicyclic) bond motifs is 2. The van der Waals surface area contributed by atoms with E-state index in [2.05, 4.69) is 37.8 Å². The van der Waals surface area contributed by atoms with E-state index in [0.29, 0.717) is 19.0 Å². The maximum atomic E-state index is 12.5. The number of aromatic nitrogens is 3. The summed E-state index contributed by atoms with van der Waals surface area (Å²) in [5, 5.41) is 8.20. The summed E-state index contributed by atoms with van der Waals surface area (Å²) in [5.74, 6) is -0.466. The lowest BCUT2D eigenvalue weighted by Gasteiger charge is -2.43. The largest absolute Gasteiger partial charge is 0.469 e. The summed E-state index contributed by atoms with van der Waals surface area (Å²) in [5.41, 5.74) is 0. The normalized spacial score (nSPS) is 31.4. The Labute approximate surface area is 142 Å². The van der Waals surface area contributed by atoms with Gasteiger partial charge in [0.2, 0.25) is 0 Å². The smallest absolute Gasteiger partial charge is 0.312 e. The maximum Gasteiger partial charge on any atom is 0.312 e. The number of hydrogen-bond acceptors (Lipinski definition) is 5. The first-order valence-electron chi connectivity index (χ1n) is 7.62. The number of halogens is 2. The zero-order chi connectivity index (χ0) is 15.7. The van der Waals surface area contributed by atoms with E-state index in [9.17, 15) is 9.18 Å². The fraction of sp³-hybridized carbons (Fsp3) is 0.786. The van der Waals surface area contributed by atoms with Crippen molar-refractivity contribution in [1.29, 1.82) is 0 Å². The lowest BCUT2D eigenvalue weighted by Crippen LogP contribution is -2.52. The second kappa shape index (κ2) is 6.77. The van der Waals surface area contributed by atoms with E-state index in [-0.39, 0.29) is 30.6 Å². The van der Waals surface area contributed by atoms with Gasteiger partial charge in [0.15, 0.2) is 0 Å². The van der Waals surface area contributed by atoms with Crippen LogP contribution in [0.4, 0.5) is 4.39 Å². The van der Waals surface area contributed by atoms with Crippen LogP contribution in [-0.2, 0) is 9.53 Å².